The number of H-pyrrole nitrogens is 1. The Hall–Kier alpha value is -1.78. The molecule has 3 unspecified atom stereocenters. The van der Waals surface area contributed by atoms with Gasteiger partial charge in [0.2, 0.25) is 0 Å². The van der Waals surface area contributed by atoms with E-state index in [-0.39, 0.29) is 24.3 Å². The Balaban J connectivity index is 1.92. The highest BCUT2D eigenvalue weighted by molar-refractivity contribution is 7.18. The molecular weight excluding hydrogens is 304 g/mol. The molecule has 0 bridgehead atoms. The van der Waals surface area contributed by atoms with Gasteiger partial charge in [-0.3, -0.25) is 9.89 Å². The number of amides is 1. The molecule has 3 rings (SSSR count). The predicted octanol–water partition coefficient (Wildman–Crippen LogP) is 2.01. The Kier molecular flexibility index (Phi) is 3.75. The summed E-state index contributed by atoms with van der Waals surface area (Å²) in [5.41, 5.74) is 1.66. The van der Waals surface area contributed by atoms with E-state index >= 15 is 0 Å². The van der Waals surface area contributed by atoms with Crippen LogP contribution in [0, 0.1) is 5.82 Å². The van der Waals surface area contributed by atoms with Crippen molar-refractivity contribution in [3.8, 4) is 11.3 Å². The molecule has 1 aliphatic rings. The van der Waals surface area contributed by atoms with E-state index in [9.17, 15) is 14.3 Å². The van der Waals surface area contributed by atoms with Gasteiger partial charge in [0.25, 0.3) is 5.91 Å². The van der Waals surface area contributed by atoms with Crippen LogP contribution in [0.25, 0.3) is 11.3 Å². The summed E-state index contributed by atoms with van der Waals surface area (Å²) in [7, 11) is 2.39. The molecule has 2 heterocycles. The zero-order valence-corrected chi connectivity index (χ0v) is 13.2. The van der Waals surface area contributed by atoms with E-state index in [1.54, 1.807) is 17.0 Å². The van der Waals surface area contributed by atoms with Crippen molar-refractivity contribution < 1.29 is 14.3 Å². The molecule has 0 aliphatic carbocycles. The molecule has 1 aromatic heterocycles. The first kappa shape index (κ1) is 15.1. The topological polar surface area (TPSA) is 69.2 Å². The van der Waals surface area contributed by atoms with Crippen molar-refractivity contribution in [2.45, 2.75) is 24.7 Å². The lowest BCUT2D eigenvalue weighted by Gasteiger charge is -2.21. The highest BCUT2D eigenvalue weighted by Crippen LogP contribution is 2.34. The number of aliphatic hydroxyl groups is 1. The number of nitrogens with zero attached hydrogens (tertiary/aromatic N) is 2. The molecule has 1 saturated heterocycles. The van der Waals surface area contributed by atoms with Crippen molar-refractivity contribution in [1.82, 2.24) is 15.1 Å². The number of β-amino-alcohol motifs (C(OH)–C–C–N with tert-alkyl or cyclic N) is 1. The van der Waals surface area contributed by atoms with Gasteiger partial charge >= 0.3 is 0 Å². The Morgan fingerprint density at radius 3 is 2.77 bits per heavy atom. The highest BCUT2D eigenvalue weighted by Gasteiger charge is 2.40. The first-order valence-corrected chi connectivity index (χ1v) is 7.57. The van der Waals surface area contributed by atoms with E-state index < -0.39 is 5.34 Å². The Morgan fingerprint density at radius 2 is 2.18 bits per heavy atom. The molecule has 0 spiro atoms. The van der Waals surface area contributed by atoms with Gasteiger partial charge in [0.1, 0.15) is 5.82 Å². The third-order valence-corrected chi connectivity index (χ3v) is 4.31. The van der Waals surface area contributed by atoms with Crippen LogP contribution in [0.1, 0.15) is 23.7 Å². The van der Waals surface area contributed by atoms with Crippen molar-refractivity contribution in [2.24, 2.45) is 0 Å². The van der Waals surface area contributed by atoms with E-state index in [1.807, 2.05) is 6.92 Å². The van der Waals surface area contributed by atoms with Crippen LogP contribution in [0.2, 0.25) is 0 Å². The molecule has 22 heavy (non-hydrogen) atoms. The molecule has 7 heteroatoms. The summed E-state index contributed by atoms with van der Waals surface area (Å²) in [6, 6.07) is 5.80. The molecule has 1 amide bonds. The zero-order chi connectivity index (χ0) is 15.9. The van der Waals surface area contributed by atoms with Crippen LogP contribution in [0.5, 0.6) is 0 Å². The van der Waals surface area contributed by atoms with Crippen LogP contribution in [0.15, 0.2) is 30.5 Å². The first-order chi connectivity index (χ1) is 10.4. The minimum atomic E-state index is -0.950. The van der Waals surface area contributed by atoms with Gasteiger partial charge in [-0.2, -0.15) is 5.10 Å². The standard InChI is InChI=1S/C15H17FN3O2P/c1-9-6-15(21,22)8-19(9)14(20)12-7-17-18-13(12)10-2-4-11(16)5-3-10/h2-5,7,9,21H,6,8,22H2,1H3,(H,17,18). The molecule has 1 aromatic carbocycles. The quantitative estimate of drug-likeness (QED) is 0.832. The number of rotatable bonds is 2. The summed E-state index contributed by atoms with van der Waals surface area (Å²) >= 11 is 0. The summed E-state index contributed by atoms with van der Waals surface area (Å²) in [5, 5.41) is 15.9. The average molecular weight is 321 g/mol. The number of benzene rings is 1. The first-order valence-electron chi connectivity index (χ1n) is 6.99. The van der Waals surface area contributed by atoms with Crippen LogP contribution in [-0.4, -0.2) is 44.0 Å². The van der Waals surface area contributed by atoms with Gasteiger partial charge < -0.3 is 10.0 Å². The number of hydrogen-bond donors (Lipinski definition) is 2. The third kappa shape index (κ3) is 2.76. The van der Waals surface area contributed by atoms with E-state index in [1.165, 1.54) is 18.3 Å². The van der Waals surface area contributed by atoms with Gasteiger partial charge in [-0.05, 0) is 31.2 Å². The Morgan fingerprint density at radius 1 is 1.50 bits per heavy atom. The number of aromatic amines is 1. The van der Waals surface area contributed by atoms with Gasteiger partial charge in [-0.1, -0.05) is 0 Å². The number of carbonyl (C=O) groups excluding carboxylic acids is 1. The lowest BCUT2D eigenvalue weighted by Crippen LogP contribution is -2.35. The molecule has 2 aromatic rings. The second-order valence-electron chi connectivity index (χ2n) is 5.76. The second kappa shape index (κ2) is 5.45. The lowest BCUT2D eigenvalue weighted by molar-refractivity contribution is 0.0712. The maximum atomic E-state index is 13.0. The van der Waals surface area contributed by atoms with Gasteiger partial charge in [0.15, 0.2) is 0 Å². The van der Waals surface area contributed by atoms with Gasteiger partial charge in [0.05, 0.1) is 29.3 Å². The van der Waals surface area contributed by atoms with Crippen molar-refractivity contribution in [2.75, 3.05) is 6.54 Å². The predicted molar refractivity (Wildman–Crippen MR) is 83.8 cm³/mol. The molecule has 0 saturated carbocycles. The summed E-state index contributed by atoms with van der Waals surface area (Å²) < 4.78 is 13.0. The highest BCUT2D eigenvalue weighted by atomic mass is 31.0. The number of likely N-dealkylation sites (tertiary alicyclic amines) is 1. The van der Waals surface area contributed by atoms with E-state index in [4.69, 9.17) is 0 Å². The fourth-order valence-electron chi connectivity index (χ4n) is 2.85. The maximum absolute atomic E-state index is 13.0. The maximum Gasteiger partial charge on any atom is 0.258 e. The number of nitrogens with one attached hydrogen (secondary N) is 1. The SMILES string of the molecule is CC1CC(O)(P)CN1C(=O)c1cn[nH]c1-c1ccc(F)cc1. The average Bonchev–Trinajstić information content (AvgIpc) is 3.03. The van der Waals surface area contributed by atoms with E-state index in [0.717, 1.165) is 0 Å². The fraction of sp³-hybridized carbons (Fsp3) is 0.333. The van der Waals surface area contributed by atoms with Crippen LogP contribution in [-0.2, 0) is 0 Å². The van der Waals surface area contributed by atoms with Crippen LogP contribution >= 0.6 is 9.24 Å². The summed E-state index contributed by atoms with van der Waals surface area (Å²) in [5.74, 6) is -0.531. The summed E-state index contributed by atoms with van der Waals surface area (Å²) in [4.78, 5) is 14.4. The molecule has 5 nitrogen and oxygen atoms in total. The molecule has 116 valence electrons. The van der Waals surface area contributed by atoms with Crippen molar-refractivity contribution >= 4 is 15.1 Å². The smallest absolute Gasteiger partial charge is 0.258 e. The summed E-state index contributed by atoms with van der Waals surface area (Å²) in [6.07, 6.45) is 1.97. The molecule has 3 atom stereocenters. The number of aromatic nitrogens is 2. The number of carbonyl (C=O) groups is 1. The minimum Gasteiger partial charge on any atom is -0.384 e. The van der Waals surface area contributed by atoms with Crippen molar-refractivity contribution in [3.63, 3.8) is 0 Å². The van der Waals surface area contributed by atoms with Crippen molar-refractivity contribution in [1.29, 1.82) is 0 Å². The van der Waals surface area contributed by atoms with Crippen LogP contribution < -0.4 is 0 Å². The number of halogens is 1. The molecule has 1 aliphatic heterocycles. The largest absolute Gasteiger partial charge is 0.384 e. The Labute approximate surface area is 129 Å². The second-order valence-corrected chi connectivity index (χ2v) is 6.83. The zero-order valence-electron chi connectivity index (χ0n) is 12.1. The Bertz CT molecular complexity index is 699. The van der Waals surface area contributed by atoms with Crippen LogP contribution in [0.3, 0.4) is 0 Å². The fourth-order valence-corrected chi connectivity index (χ4v) is 3.39. The lowest BCUT2D eigenvalue weighted by atomic mass is 10.1. The van der Waals surface area contributed by atoms with E-state index in [0.29, 0.717) is 23.2 Å². The molecular formula is C15H17FN3O2P. The molecule has 2 N–H and O–H groups in total. The van der Waals surface area contributed by atoms with Gasteiger partial charge in [-0.15, -0.1) is 9.24 Å². The summed E-state index contributed by atoms with van der Waals surface area (Å²) in [6.45, 7) is 2.16. The minimum absolute atomic E-state index is 0.0639. The van der Waals surface area contributed by atoms with E-state index in [2.05, 4.69) is 19.4 Å². The monoisotopic (exact) mass is 321 g/mol. The van der Waals surface area contributed by atoms with Crippen molar-refractivity contribution in [3.05, 3.63) is 41.8 Å². The normalized spacial score (nSPS) is 24.7. The molecule has 0 radical (unpaired) electrons. The van der Waals surface area contributed by atoms with Crippen LogP contribution in [0.4, 0.5) is 4.39 Å². The molecule has 1 fully saturated rings. The number of hydrogen-bond acceptors (Lipinski definition) is 3. The van der Waals surface area contributed by atoms with Gasteiger partial charge in [0, 0.05) is 18.0 Å². The van der Waals surface area contributed by atoms with Gasteiger partial charge in [-0.25, -0.2) is 4.39 Å². The third-order valence-electron chi connectivity index (χ3n) is 3.89.